The Morgan fingerprint density at radius 1 is 1.30 bits per heavy atom. The standard InChI is InChI=1S/C17H17ClO2/c1-16(2)11-6-7-17(16,3)15-13(11)14(19)10-5-4-9(18)8-12(10)20-15/h4-5,8,11H,6-7H2,1-3H3. The lowest BCUT2D eigenvalue weighted by molar-refractivity contribution is 0.207. The number of benzene rings is 1. The van der Waals surface area contributed by atoms with Gasteiger partial charge >= 0.3 is 0 Å². The average molecular weight is 289 g/mol. The molecule has 0 saturated heterocycles. The predicted octanol–water partition coefficient (Wildman–Crippen LogP) is 4.62. The number of halogens is 1. The molecule has 2 aromatic rings. The summed E-state index contributed by atoms with van der Waals surface area (Å²) in [6, 6.07) is 5.29. The van der Waals surface area contributed by atoms with Gasteiger partial charge in [-0.15, -0.1) is 0 Å². The fourth-order valence-corrected chi connectivity index (χ4v) is 4.48. The Labute approximate surface area is 122 Å². The smallest absolute Gasteiger partial charge is 0.196 e. The first-order chi connectivity index (χ1) is 9.36. The van der Waals surface area contributed by atoms with E-state index in [1.807, 2.05) is 0 Å². The quantitative estimate of drug-likeness (QED) is 0.708. The SMILES string of the molecule is CC12CCC(c3c1oc1cc(Cl)ccc1c3=O)C2(C)C. The molecule has 0 radical (unpaired) electrons. The van der Waals surface area contributed by atoms with Crippen molar-refractivity contribution in [1.29, 1.82) is 0 Å². The van der Waals surface area contributed by atoms with Crippen molar-refractivity contribution >= 4 is 22.6 Å². The Kier molecular flexibility index (Phi) is 2.17. The molecule has 2 unspecified atom stereocenters. The summed E-state index contributed by atoms with van der Waals surface area (Å²) in [6.07, 6.45) is 2.17. The Morgan fingerprint density at radius 2 is 2.05 bits per heavy atom. The first-order valence-corrected chi connectivity index (χ1v) is 7.51. The third kappa shape index (κ3) is 1.20. The molecule has 20 heavy (non-hydrogen) atoms. The van der Waals surface area contributed by atoms with Gasteiger partial charge in [0.2, 0.25) is 0 Å². The first kappa shape index (κ1) is 12.5. The molecule has 1 aromatic carbocycles. The maximum Gasteiger partial charge on any atom is 0.196 e. The summed E-state index contributed by atoms with van der Waals surface area (Å²) in [4.78, 5) is 12.8. The van der Waals surface area contributed by atoms with Crippen molar-refractivity contribution in [1.82, 2.24) is 0 Å². The molecule has 2 atom stereocenters. The Bertz CT molecular complexity index is 802. The van der Waals surface area contributed by atoms with Crippen LogP contribution in [0.2, 0.25) is 5.02 Å². The average Bonchev–Trinajstić information content (AvgIpc) is 2.70. The molecular formula is C17H17ClO2. The molecule has 104 valence electrons. The van der Waals surface area contributed by atoms with Crippen LogP contribution in [-0.2, 0) is 5.41 Å². The van der Waals surface area contributed by atoms with E-state index in [-0.39, 0.29) is 16.3 Å². The molecule has 3 heteroatoms. The van der Waals surface area contributed by atoms with Crippen LogP contribution < -0.4 is 5.43 Å². The Hall–Kier alpha value is -1.28. The lowest BCUT2D eigenvalue weighted by Gasteiger charge is -2.33. The highest BCUT2D eigenvalue weighted by atomic mass is 35.5. The van der Waals surface area contributed by atoms with Gasteiger partial charge in [0.1, 0.15) is 11.3 Å². The third-order valence-electron chi connectivity index (χ3n) is 5.97. The number of hydrogen-bond acceptors (Lipinski definition) is 2. The second kappa shape index (κ2) is 3.48. The van der Waals surface area contributed by atoms with E-state index in [0.717, 1.165) is 24.2 Å². The lowest BCUT2D eigenvalue weighted by atomic mass is 9.70. The van der Waals surface area contributed by atoms with E-state index in [1.54, 1.807) is 18.2 Å². The molecule has 2 aliphatic carbocycles. The lowest BCUT2D eigenvalue weighted by Crippen LogP contribution is -2.31. The Morgan fingerprint density at radius 3 is 2.80 bits per heavy atom. The normalized spacial score (nSPS) is 29.9. The van der Waals surface area contributed by atoms with Gasteiger partial charge in [-0.3, -0.25) is 4.79 Å². The predicted molar refractivity (Wildman–Crippen MR) is 80.6 cm³/mol. The van der Waals surface area contributed by atoms with Gasteiger partial charge in [0.25, 0.3) is 0 Å². The van der Waals surface area contributed by atoms with Crippen molar-refractivity contribution in [2.24, 2.45) is 5.41 Å². The Balaban J connectivity index is 2.15. The molecule has 2 nitrogen and oxygen atoms in total. The third-order valence-corrected chi connectivity index (χ3v) is 6.20. The number of rotatable bonds is 0. The molecule has 2 aliphatic rings. The van der Waals surface area contributed by atoms with Crippen LogP contribution in [0.15, 0.2) is 27.4 Å². The molecule has 4 rings (SSSR count). The molecule has 0 N–H and O–H groups in total. The van der Waals surface area contributed by atoms with E-state index in [9.17, 15) is 4.79 Å². The van der Waals surface area contributed by atoms with Crippen molar-refractivity contribution in [2.75, 3.05) is 0 Å². The zero-order valence-corrected chi connectivity index (χ0v) is 12.7. The molecule has 1 saturated carbocycles. The van der Waals surface area contributed by atoms with E-state index in [0.29, 0.717) is 21.9 Å². The summed E-state index contributed by atoms with van der Waals surface area (Å²) in [7, 11) is 0. The minimum Gasteiger partial charge on any atom is -0.460 e. The molecule has 0 aliphatic heterocycles. The van der Waals surface area contributed by atoms with Crippen LogP contribution in [0.4, 0.5) is 0 Å². The van der Waals surface area contributed by atoms with Crippen LogP contribution in [0.5, 0.6) is 0 Å². The fourth-order valence-electron chi connectivity index (χ4n) is 4.32. The van der Waals surface area contributed by atoms with Gasteiger partial charge in [-0.2, -0.15) is 0 Å². The molecule has 2 bridgehead atoms. The topological polar surface area (TPSA) is 30.2 Å². The van der Waals surface area contributed by atoms with Gasteiger partial charge in [0, 0.05) is 22.1 Å². The summed E-state index contributed by atoms with van der Waals surface area (Å²) >= 11 is 6.03. The van der Waals surface area contributed by atoms with Crippen molar-refractivity contribution in [2.45, 2.75) is 44.9 Å². The van der Waals surface area contributed by atoms with Crippen molar-refractivity contribution in [3.63, 3.8) is 0 Å². The summed E-state index contributed by atoms with van der Waals surface area (Å²) in [6.45, 7) is 6.76. The van der Waals surface area contributed by atoms with Crippen molar-refractivity contribution < 1.29 is 4.42 Å². The number of hydrogen-bond donors (Lipinski definition) is 0. The van der Waals surface area contributed by atoms with Gasteiger partial charge in [-0.1, -0.05) is 32.4 Å². The van der Waals surface area contributed by atoms with Gasteiger partial charge in [0.05, 0.1) is 5.39 Å². The van der Waals surface area contributed by atoms with Crippen LogP contribution in [0.1, 0.15) is 50.9 Å². The van der Waals surface area contributed by atoms with E-state index < -0.39 is 0 Å². The molecule has 0 spiro atoms. The first-order valence-electron chi connectivity index (χ1n) is 7.13. The summed E-state index contributed by atoms with van der Waals surface area (Å²) < 4.78 is 6.15. The van der Waals surface area contributed by atoms with E-state index >= 15 is 0 Å². The molecular weight excluding hydrogens is 272 g/mol. The zero-order chi connectivity index (χ0) is 14.3. The summed E-state index contributed by atoms with van der Waals surface area (Å²) in [5, 5.41) is 1.26. The molecule has 1 aromatic heterocycles. The molecule has 1 fully saturated rings. The van der Waals surface area contributed by atoms with Gasteiger partial charge < -0.3 is 4.42 Å². The molecule has 1 heterocycles. The molecule has 0 amide bonds. The number of fused-ring (bicyclic) bond motifs is 6. The van der Waals surface area contributed by atoms with Crippen LogP contribution in [0, 0.1) is 5.41 Å². The van der Waals surface area contributed by atoms with Gasteiger partial charge in [-0.05, 0) is 36.3 Å². The zero-order valence-electron chi connectivity index (χ0n) is 11.9. The highest BCUT2D eigenvalue weighted by molar-refractivity contribution is 6.31. The maximum absolute atomic E-state index is 12.8. The highest BCUT2D eigenvalue weighted by Crippen LogP contribution is 2.67. The van der Waals surface area contributed by atoms with Gasteiger partial charge in [0.15, 0.2) is 5.43 Å². The van der Waals surface area contributed by atoms with Crippen molar-refractivity contribution in [3.8, 4) is 0 Å². The maximum atomic E-state index is 12.8. The fraction of sp³-hybridized carbons (Fsp3) is 0.471. The summed E-state index contributed by atoms with van der Waals surface area (Å²) in [5.74, 6) is 1.22. The second-order valence-corrected chi connectivity index (χ2v) is 7.40. The monoisotopic (exact) mass is 288 g/mol. The van der Waals surface area contributed by atoms with E-state index in [4.69, 9.17) is 16.0 Å². The second-order valence-electron chi connectivity index (χ2n) is 6.96. The van der Waals surface area contributed by atoms with E-state index in [1.165, 1.54) is 0 Å². The van der Waals surface area contributed by atoms with Crippen LogP contribution in [0.3, 0.4) is 0 Å². The van der Waals surface area contributed by atoms with Crippen LogP contribution >= 0.6 is 11.6 Å². The van der Waals surface area contributed by atoms with Crippen LogP contribution in [0.25, 0.3) is 11.0 Å². The van der Waals surface area contributed by atoms with Crippen LogP contribution in [-0.4, -0.2) is 0 Å². The minimum absolute atomic E-state index is 0.0390. The minimum atomic E-state index is -0.0390. The summed E-state index contributed by atoms with van der Waals surface area (Å²) in [5.41, 5.74) is 1.71. The highest BCUT2D eigenvalue weighted by Gasteiger charge is 2.62. The van der Waals surface area contributed by atoms with Crippen molar-refractivity contribution in [3.05, 3.63) is 44.8 Å². The van der Waals surface area contributed by atoms with Gasteiger partial charge in [-0.25, -0.2) is 0 Å². The van der Waals surface area contributed by atoms with E-state index in [2.05, 4.69) is 20.8 Å². The largest absolute Gasteiger partial charge is 0.460 e.